The maximum absolute atomic E-state index is 12.5. The van der Waals surface area contributed by atoms with Gasteiger partial charge in [0.1, 0.15) is 122 Å². The van der Waals surface area contributed by atoms with Gasteiger partial charge in [-0.25, -0.2) is 0 Å². The number of carbonyl (C=O) groups excluding carboxylic acids is 1. The zero-order valence-electron chi connectivity index (χ0n) is 35.3. The molecule has 18 N–H and O–H groups in total. The number of rotatable bonds is 20. The Hall–Kier alpha value is -1.57. The highest BCUT2D eigenvalue weighted by atomic mass is 16.8. The Labute approximate surface area is 371 Å². The molecule has 1 amide bonds. The van der Waals surface area contributed by atoms with Crippen molar-refractivity contribution in [1.29, 1.82) is 0 Å². The molecule has 25 atom stereocenters. The number of nitrogens with two attached hydrogens (primary N) is 1. The first-order valence-electron chi connectivity index (χ1n) is 21.3. The second-order valence-electron chi connectivity index (χ2n) is 16.4. The topological polar surface area (TPSA) is 451 Å². The van der Waals surface area contributed by atoms with Crippen LogP contribution in [0.2, 0.25) is 0 Å². The molecule has 0 spiro atoms. The molecular formula is C37H66N2O26. The van der Waals surface area contributed by atoms with E-state index in [-0.39, 0.29) is 6.61 Å². The Morgan fingerprint density at radius 1 is 0.446 bits per heavy atom. The average Bonchev–Trinajstić information content (AvgIpc) is 3.29. The number of nitrogens with one attached hydrogen (secondary N) is 1. The van der Waals surface area contributed by atoms with E-state index in [1.807, 2.05) is 0 Å². The van der Waals surface area contributed by atoms with E-state index < -0.39 is 192 Å². The highest BCUT2D eigenvalue weighted by Gasteiger charge is 2.57. The first kappa shape index (κ1) is 54.4. The van der Waals surface area contributed by atoms with Gasteiger partial charge in [-0.3, -0.25) is 4.79 Å². The van der Waals surface area contributed by atoms with E-state index in [1.54, 1.807) is 0 Å². The molecule has 0 saturated carbocycles. The molecule has 0 radical (unpaired) electrons. The zero-order chi connectivity index (χ0) is 47.9. The molecule has 65 heavy (non-hydrogen) atoms. The lowest BCUT2D eigenvalue weighted by molar-refractivity contribution is -0.389. The van der Waals surface area contributed by atoms with E-state index in [0.29, 0.717) is 13.0 Å². The maximum Gasteiger partial charge on any atom is 0.217 e. The first-order valence-corrected chi connectivity index (χ1v) is 21.3. The number of aliphatic hydroxyl groups is 15. The monoisotopic (exact) mass is 954 g/mol. The number of unbranched alkanes of at least 4 members (excludes halogenated alkanes) is 2. The molecule has 5 heterocycles. The third kappa shape index (κ3) is 12.4. The smallest absolute Gasteiger partial charge is 0.217 e. The Bertz CT molecular complexity index is 1430. The van der Waals surface area contributed by atoms with Crippen LogP contribution in [0.15, 0.2) is 0 Å². The SMILES string of the molecule is CC(=O)N[C@H]1C(O[C@@H]2OC(CO)[C@H](O)C(O)[C@@H]2O)[C@@H](O)C(CO)O[C@H]1O[C@@H]1C(O)[C@@H](O[C@H]2C(CO)O[C@@H](O[C@@H]3C(CO)O[C@@H](OCCCCCN)[C@@H](O)C3O)[C@@H](O)C2O)OC(CO)[C@@H]1O. The molecule has 5 aliphatic heterocycles. The van der Waals surface area contributed by atoms with Crippen LogP contribution in [-0.2, 0) is 52.2 Å². The quantitative estimate of drug-likeness (QED) is 0.0504. The van der Waals surface area contributed by atoms with E-state index in [0.717, 1.165) is 19.8 Å². The standard InChI is InChI=1S/C37H66N2O26/c1-12(45)39-18-31(64-35-25(52)22(49)19(46)13(7-40)58-35)20(47)14(8-41)57-33(18)65-32-21(48)15(9-42)59-37(28(32)55)63-30-17(11-44)61-36(27(54)24(30)51)62-29-16(10-43)60-34(26(53)23(29)50)56-6-4-2-3-5-38/h13-37,40-44,46-55H,2-11,38H2,1H3,(H,39,45)/t13?,14?,15?,16?,17?,18-,19-,20-,21-,22?,23?,24?,25-,26-,27-,28?,29+,30-,31?,32-,33-,34+,35-,36-,37+/m0/s1. The minimum Gasteiger partial charge on any atom is -0.394 e. The molecule has 5 fully saturated rings. The Balaban J connectivity index is 1.31. The predicted molar refractivity (Wildman–Crippen MR) is 205 cm³/mol. The average molecular weight is 955 g/mol. The highest BCUT2D eigenvalue weighted by molar-refractivity contribution is 5.73. The van der Waals surface area contributed by atoms with Crippen molar-refractivity contribution in [2.24, 2.45) is 5.73 Å². The number of carbonyl (C=O) groups is 1. The third-order valence-corrected chi connectivity index (χ3v) is 11.8. The first-order chi connectivity index (χ1) is 31.0. The van der Waals surface area contributed by atoms with E-state index in [9.17, 15) is 81.4 Å². The molecule has 0 aromatic heterocycles. The van der Waals surface area contributed by atoms with Gasteiger partial charge >= 0.3 is 0 Å². The molecule has 28 nitrogen and oxygen atoms in total. The molecule has 0 aromatic carbocycles. The van der Waals surface area contributed by atoms with Crippen LogP contribution in [0.25, 0.3) is 0 Å². The number of hydrogen-bond acceptors (Lipinski definition) is 27. The maximum atomic E-state index is 12.5. The van der Waals surface area contributed by atoms with Crippen LogP contribution in [0.5, 0.6) is 0 Å². The molecule has 5 saturated heterocycles. The van der Waals surface area contributed by atoms with Crippen LogP contribution in [0.3, 0.4) is 0 Å². The second kappa shape index (κ2) is 24.8. The fraction of sp³-hybridized carbons (Fsp3) is 0.973. The summed E-state index contributed by atoms with van der Waals surface area (Å²) >= 11 is 0. The van der Waals surface area contributed by atoms with Crippen molar-refractivity contribution in [2.45, 2.75) is 180 Å². The van der Waals surface area contributed by atoms with E-state index in [4.69, 9.17) is 53.1 Å². The van der Waals surface area contributed by atoms with Crippen LogP contribution >= 0.6 is 0 Å². The van der Waals surface area contributed by atoms with Crippen LogP contribution in [0, 0.1) is 0 Å². The van der Waals surface area contributed by atoms with Crippen molar-refractivity contribution in [3.05, 3.63) is 0 Å². The Morgan fingerprint density at radius 3 is 1.35 bits per heavy atom. The van der Waals surface area contributed by atoms with Crippen molar-refractivity contribution in [2.75, 3.05) is 46.2 Å². The molecule has 10 unspecified atom stereocenters. The summed E-state index contributed by atoms with van der Waals surface area (Å²) in [5.74, 6) is -0.801. The molecule has 5 rings (SSSR count). The van der Waals surface area contributed by atoms with Gasteiger partial charge in [0.05, 0.1) is 33.0 Å². The Morgan fingerprint density at radius 2 is 0.846 bits per heavy atom. The summed E-state index contributed by atoms with van der Waals surface area (Å²) in [5, 5.41) is 162. The summed E-state index contributed by atoms with van der Waals surface area (Å²) in [6, 6.07) is -1.67. The summed E-state index contributed by atoms with van der Waals surface area (Å²) in [6.45, 7) is -2.87. The normalized spacial score (nSPS) is 47.4. The van der Waals surface area contributed by atoms with Crippen molar-refractivity contribution in [3.8, 4) is 0 Å². The predicted octanol–water partition coefficient (Wildman–Crippen LogP) is -10.6. The molecular weight excluding hydrogens is 888 g/mol. The summed E-state index contributed by atoms with van der Waals surface area (Å²) in [7, 11) is 0. The Kier molecular flexibility index (Phi) is 20.8. The lowest BCUT2D eigenvalue weighted by Crippen LogP contribution is -2.70. The third-order valence-electron chi connectivity index (χ3n) is 11.8. The molecule has 0 aromatic rings. The lowest BCUT2D eigenvalue weighted by Gasteiger charge is -2.50. The number of hydrogen-bond donors (Lipinski definition) is 17. The van der Waals surface area contributed by atoms with Gasteiger partial charge in [-0.2, -0.15) is 0 Å². The molecule has 380 valence electrons. The van der Waals surface area contributed by atoms with Crippen molar-refractivity contribution >= 4 is 5.91 Å². The summed E-state index contributed by atoms with van der Waals surface area (Å²) in [5.41, 5.74) is 5.49. The van der Waals surface area contributed by atoms with Gasteiger partial charge in [0.25, 0.3) is 0 Å². The van der Waals surface area contributed by atoms with Gasteiger partial charge in [-0.15, -0.1) is 0 Å². The van der Waals surface area contributed by atoms with Gasteiger partial charge < -0.3 is 135 Å². The highest BCUT2D eigenvalue weighted by Crippen LogP contribution is 2.36. The number of amides is 1. The van der Waals surface area contributed by atoms with Gasteiger partial charge in [0, 0.05) is 13.5 Å². The molecule has 28 heteroatoms. The van der Waals surface area contributed by atoms with Gasteiger partial charge in [-0.1, -0.05) is 0 Å². The second-order valence-corrected chi connectivity index (χ2v) is 16.4. The van der Waals surface area contributed by atoms with Crippen LogP contribution in [0.1, 0.15) is 26.2 Å². The summed E-state index contributed by atoms with van der Waals surface area (Å²) in [4.78, 5) is 12.5. The molecule has 0 bridgehead atoms. The van der Waals surface area contributed by atoms with Crippen LogP contribution in [0.4, 0.5) is 0 Å². The van der Waals surface area contributed by atoms with E-state index >= 15 is 0 Å². The fourth-order valence-corrected chi connectivity index (χ4v) is 8.17. The van der Waals surface area contributed by atoms with Gasteiger partial charge in [-0.05, 0) is 25.8 Å². The number of aliphatic hydroxyl groups excluding tert-OH is 15. The van der Waals surface area contributed by atoms with E-state index in [1.165, 1.54) is 0 Å². The minimum absolute atomic E-state index is 0.128. The van der Waals surface area contributed by atoms with Crippen LogP contribution < -0.4 is 11.1 Å². The van der Waals surface area contributed by atoms with Crippen molar-refractivity contribution < 1.29 is 129 Å². The minimum atomic E-state index is -2.14. The van der Waals surface area contributed by atoms with Gasteiger partial charge in [0.15, 0.2) is 31.5 Å². The fourth-order valence-electron chi connectivity index (χ4n) is 8.17. The van der Waals surface area contributed by atoms with Crippen LogP contribution in [-0.4, -0.2) is 282 Å². The van der Waals surface area contributed by atoms with Gasteiger partial charge in [0.2, 0.25) is 5.91 Å². The summed E-state index contributed by atoms with van der Waals surface area (Å²) < 4.78 is 56.9. The largest absolute Gasteiger partial charge is 0.394 e. The zero-order valence-corrected chi connectivity index (χ0v) is 35.3. The van der Waals surface area contributed by atoms with Crippen molar-refractivity contribution in [1.82, 2.24) is 5.32 Å². The van der Waals surface area contributed by atoms with Crippen molar-refractivity contribution in [3.63, 3.8) is 0 Å². The van der Waals surface area contributed by atoms with E-state index in [2.05, 4.69) is 5.32 Å². The summed E-state index contributed by atoms with van der Waals surface area (Å²) in [6.07, 6.45) is -41.2. The lowest BCUT2D eigenvalue weighted by atomic mass is 9.94. The molecule has 5 aliphatic rings. The molecule has 0 aliphatic carbocycles. The number of ether oxygens (including phenoxy) is 10.